The van der Waals surface area contributed by atoms with E-state index in [0.717, 1.165) is 5.56 Å². The van der Waals surface area contributed by atoms with Crippen molar-refractivity contribution in [3.63, 3.8) is 0 Å². The Morgan fingerprint density at radius 1 is 1.40 bits per heavy atom. The Kier molecular flexibility index (Phi) is 2.00. The number of carbonyl (C=O) groups is 1. The number of hydrogen-bond donors (Lipinski definition) is 1. The Morgan fingerprint density at radius 3 is 2.67 bits per heavy atom. The summed E-state index contributed by atoms with van der Waals surface area (Å²) >= 11 is 0. The third kappa shape index (κ3) is 1.39. The van der Waals surface area contributed by atoms with Crippen molar-refractivity contribution in [2.75, 3.05) is 7.11 Å². The van der Waals surface area contributed by atoms with Crippen molar-refractivity contribution in [1.29, 1.82) is 0 Å². The maximum absolute atomic E-state index is 11.7. The lowest BCUT2D eigenvalue weighted by Crippen LogP contribution is -2.12. The van der Waals surface area contributed by atoms with Gasteiger partial charge in [-0.25, -0.2) is 0 Å². The highest BCUT2D eigenvalue weighted by atomic mass is 16.5. The Morgan fingerprint density at radius 2 is 2.07 bits per heavy atom. The van der Waals surface area contributed by atoms with Gasteiger partial charge in [-0.3, -0.25) is 4.79 Å². The van der Waals surface area contributed by atoms with Crippen LogP contribution in [0.4, 0.5) is 0 Å². The number of aromatic hydroxyl groups is 1. The van der Waals surface area contributed by atoms with Crippen LogP contribution in [-0.4, -0.2) is 18.0 Å². The summed E-state index contributed by atoms with van der Waals surface area (Å²) in [6.07, 6.45) is 0.495. The topological polar surface area (TPSA) is 46.5 Å². The molecule has 80 valence electrons. The van der Waals surface area contributed by atoms with Crippen LogP contribution >= 0.6 is 0 Å². The molecular formula is C12H14O3. The Labute approximate surface area is 88.7 Å². The van der Waals surface area contributed by atoms with Crippen LogP contribution in [0.5, 0.6) is 11.5 Å². The molecule has 0 spiro atoms. The summed E-state index contributed by atoms with van der Waals surface area (Å²) in [6.45, 7) is 4.01. The summed E-state index contributed by atoms with van der Waals surface area (Å²) in [5, 5.41) is 9.66. The quantitative estimate of drug-likeness (QED) is 0.766. The van der Waals surface area contributed by atoms with Crippen LogP contribution in [0.15, 0.2) is 12.1 Å². The molecule has 0 aliphatic heterocycles. The molecule has 0 amide bonds. The van der Waals surface area contributed by atoms with E-state index in [1.54, 1.807) is 12.1 Å². The Balaban J connectivity index is 2.65. The summed E-state index contributed by atoms with van der Waals surface area (Å²) < 4.78 is 4.98. The zero-order valence-corrected chi connectivity index (χ0v) is 9.13. The predicted molar refractivity (Wildman–Crippen MR) is 56.6 cm³/mol. The van der Waals surface area contributed by atoms with Crippen molar-refractivity contribution in [3.8, 4) is 11.5 Å². The number of benzene rings is 1. The molecule has 0 fully saturated rings. The third-order valence-corrected chi connectivity index (χ3v) is 2.95. The van der Waals surface area contributed by atoms with Gasteiger partial charge in [0.2, 0.25) is 0 Å². The SMILES string of the molecule is COc1cc2c(cc1O)C(C)(C)CC2=O. The van der Waals surface area contributed by atoms with Crippen molar-refractivity contribution in [1.82, 2.24) is 0 Å². The summed E-state index contributed by atoms with van der Waals surface area (Å²) in [5.41, 5.74) is 1.40. The average molecular weight is 206 g/mol. The van der Waals surface area contributed by atoms with Crippen molar-refractivity contribution >= 4 is 5.78 Å². The largest absolute Gasteiger partial charge is 0.504 e. The van der Waals surface area contributed by atoms with Gasteiger partial charge in [0.15, 0.2) is 17.3 Å². The Bertz CT molecular complexity index is 433. The monoisotopic (exact) mass is 206 g/mol. The van der Waals surface area contributed by atoms with Crippen molar-refractivity contribution < 1.29 is 14.6 Å². The third-order valence-electron chi connectivity index (χ3n) is 2.95. The molecule has 15 heavy (non-hydrogen) atoms. The fourth-order valence-corrected chi connectivity index (χ4v) is 2.11. The molecule has 0 saturated heterocycles. The van der Waals surface area contributed by atoms with Gasteiger partial charge in [-0.15, -0.1) is 0 Å². The molecule has 1 aromatic rings. The molecule has 3 heteroatoms. The molecule has 1 aromatic carbocycles. The second-order valence-electron chi connectivity index (χ2n) is 4.55. The van der Waals surface area contributed by atoms with Crippen LogP contribution in [0.25, 0.3) is 0 Å². The lowest BCUT2D eigenvalue weighted by Gasteiger charge is -2.18. The molecule has 1 aliphatic rings. The number of ether oxygens (including phenoxy) is 1. The first-order valence-corrected chi connectivity index (χ1v) is 4.90. The summed E-state index contributed by atoms with van der Waals surface area (Å²) in [5.74, 6) is 0.576. The first-order valence-electron chi connectivity index (χ1n) is 4.90. The lowest BCUT2D eigenvalue weighted by atomic mass is 9.86. The predicted octanol–water partition coefficient (Wildman–Crippen LogP) is 2.26. The standard InChI is InChI=1S/C12H14O3/c1-12(2)6-10(14)7-4-11(15-3)9(13)5-8(7)12/h4-5,13H,6H2,1-3H3. The fourth-order valence-electron chi connectivity index (χ4n) is 2.11. The van der Waals surface area contributed by atoms with Gasteiger partial charge in [-0.1, -0.05) is 13.8 Å². The zero-order valence-electron chi connectivity index (χ0n) is 9.13. The minimum Gasteiger partial charge on any atom is -0.504 e. The van der Waals surface area contributed by atoms with E-state index in [1.165, 1.54) is 7.11 Å². The molecule has 0 aromatic heterocycles. The molecule has 0 atom stereocenters. The summed E-state index contributed by atoms with van der Waals surface area (Å²) in [4.78, 5) is 11.7. The van der Waals surface area contributed by atoms with E-state index in [2.05, 4.69) is 0 Å². The Hall–Kier alpha value is -1.51. The molecule has 3 nitrogen and oxygen atoms in total. The van der Waals surface area contributed by atoms with E-state index in [-0.39, 0.29) is 16.9 Å². The number of phenolic OH excluding ortho intramolecular Hbond substituents is 1. The van der Waals surface area contributed by atoms with Gasteiger partial charge in [-0.05, 0) is 23.1 Å². The molecule has 0 bridgehead atoms. The van der Waals surface area contributed by atoms with Crippen LogP contribution in [0.2, 0.25) is 0 Å². The smallest absolute Gasteiger partial charge is 0.164 e. The van der Waals surface area contributed by atoms with Crippen molar-refractivity contribution in [3.05, 3.63) is 23.3 Å². The number of rotatable bonds is 1. The molecule has 0 heterocycles. The maximum atomic E-state index is 11.7. The van der Waals surface area contributed by atoms with Gasteiger partial charge in [0.1, 0.15) is 0 Å². The van der Waals surface area contributed by atoms with Crippen LogP contribution in [-0.2, 0) is 5.41 Å². The van der Waals surface area contributed by atoms with E-state index < -0.39 is 0 Å². The second-order valence-corrected chi connectivity index (χ2v) is 4.55. The first kappa shape index (κ1) is 10.0. The number of hydrogen-bond acceptors (Lipinski definition) is 3. The van der Waals surface area contributed by atoms with Crippen molar-refractivity contribution in [2.24, 2.45) is 0 Å². The fraction of sp³-hybridized carbons (Fsp3) is 0.417. The minimum absolute atomic E-state index is 0.0963. The van der Waals surface area contributed by atoms with Crippen LogP contribution in [0.3, 0.4) is 0 Å². The number of carbonyl (C=O) groups excluding carboxylic acids is 1. The normalized spacial score (nSPS) is 17.7. The summed E-state index contributed by atoms with van der Waals surface area (Å²) in [6, 6.07) is 3.26. The molecule has 0 radical (unpaired) electrons. The second kappa shape index (κ2) is 2.99. The van der Waals surface area contributed by atoms with Crippen LogP contribution in [0.1, 0.15) is 36.2 Å². The lowest BCUT2D eigenvalue weighted by molar-refractivity contribution is 0.0979. The first-order chi connectivity index (χ1) is 6.95. The van der Waals surface area contributed by atoms with Gasteiger partial charge < -0.3 is 9.84 Å². The zero-order chi connectivity index (χ0) is 11.2. The average Bonchev–Trinajstić information content (AvgIpc) is 2.36. The molecule has 1 aliphatic carbocycles. The summed E-state index contributed by atoms with van der Waals surface area (Å²) in [7, 11) is 1.48. The van der Waals surface area contributed by atoms with Gasteiger partial charge in [0.05, 0.1) is 7.11 Å². The van der Waals surface area contributed by atoms with Gasteiger partial charge >= 0.3 is 0 Å². The van der Waals surface area contributed by atoms with Gasteiger partial charge in [-0.2, -0.15) is 0 Å². The van der Waals surface area contributed by atoms with Gasteiger partial charge in [0.25, 0.3) is 0 Å². The number of methoxy groups -OCH3 is 1. The van der Waals surface area contributed by atoms with E-state index in [1.807, 2.05) is 13.8 Å². The highest BCUT2D eigenvalue weighted by Crippen LogP contribution is 2.43. The maximum Gasteiger partial charge on any atom is 0.164 e. The number of phenols is 1. The van der Waals surface area contributed by atoms with E-state index in [9.17, 15) is 9.90 Å². The molecule has 0 saturated carbocycles. The highest BCUT2D eigenvalue weighted by Gasteiger charge is 2.36. The van der Waals surface area contributed by atoms with E-state index in [4.69, 9.17) is 4.74 Å². The van der Waals surface area contributed by atoms with Crippen LogP contribution in [0, 0.1) is 0 Å². The number of Topliss-reactive ketones (excluding diaryl/α,β-unsaturated/α-hetero) is 1. The van der Waals surface area contributed by atoms with E-state index in [0.29, 0.717) is 17.7 Å². The number of fused-ring (bicyclic) bond motifs is 1. The van der Waals surface area contributed by atoms with Crippen LogP contribution < -0.4 is 4.74 Å². The molecule has 2 rings (SSSR count). The van der Waals surface area contributed by atoms with Gasteiger partial charge in [0, 0.05) is 12.0 Å². The van der Waals surface area contributed by atoms with Crippen molar-refractivity contribution in [2.45, 2.75) is 25.7 Å². The van der Waals surface area contributed by atoms with E-state index >= 15 is 0 Å². The molecule has 0 unspecified atom stereocenters. The number of ketones is 1. The minimum atomic E-state index is -0.184. The molecule has 1 N–H and O–H groups in total. The molecular weight excluding hydrogens is 192 g/mol. The highest BCUT2D eigenvalue weighted by molar-refractivity contribution is 6.02.